The predicted molar refractivity (Wildman–Crippen MR) is 86.1 cm³/mol. The minimum atomic E-state index is -0.131. The molecule has 1 aromatic carbocycles. The largest absolute Gasteiger partial charge is 0.497 e. The maximum atomic E-state index is 11.8. The van der Waals surface area contributed by atoms with Crippen LogP contribution in [0.2, 0.25) is 0 Å². The maximum Gasteiger partial charge on any atom is 0.220 e. The fourth-order valence-corrected chi connectivity index (χ4v) is 2.38. The third-order valence-electron chi connectivity index (χ3n) is 3.78. The zero-order chi connectivity index (χ0) is 16.5. The lowest BCUT2D eigenvalue weighted by Gasteiger charge is -2.10. The number of ether oxygens (including phenoxy) is 2. The second-order valence-corrected chi connectivity index (χ2v) is 5.56. The normalized spacial score (nSPS) is 16.8. The van der Waals surface area contributed by atoms with Crippen LogP contribution < -0.4 is 15.4 Å². The van der Waals surface area contributed by atoms with Crippen LogP contribution in [0.25, 0.3) is 0 Å². The molecule has 23 heavy (non-hydrogen) atoms. The number of rotatable bonds is 8. The number of carbonyl (C=O) groups is 2. The number of benzene rings is 1. The minimum Gasteiger partial charge on any atom is -0.497 e. The number of methoxy groups -OCH3 is 1. The number of hydrogen-bond donors (Lipinski definition) is 2. The zero-order valence-corrected chi connectivity index (χ0v) is 13.5. The number of amides is 2. The summed E-state index contributed by atoms with van der Waals surface area (Å²) in [6, 6.07) is 7.49. The third-order valence-corrected chi connectivity index (χ3v) is 3.78. The molecule has 1 heterocycles. The number of hydrogen-bond acceptors (Lipinski definition) is 4. The van der Waals surface area contributed by atoms with Crippen LogP contribution in [-0.4, -0.2) is 38.2 Å². The van der Waals surface area contributed by atoms with Crippen LogP contribution in [0.4, 0.5) is 0 Å². The molecule has 2 N–H and O–H groups in total. The first-order valence-corrected chi connectivity index (χ1v) is 7.95. The topological polar surface area (TPSA) is 76.7 Å². The van der Waals surface area contributed by atoms with Gasteiger partial charge >= 0.3 is 0 Å². The molecule has 0 unspecified atom stereocenters. The van der Waals surface area contributed by atoms with Gasteiger partial charge in [-0.05, 0) is 30.5 Å². The molecule has 1 aliphatic rings. The molecule has 0 spiro atoms. The smallest absolute Gasteiger partial charge is 0.220 e. The summed E-state index contributed by atoms with van der Waals surface area (Å²) >= 11 is 0. The van der Waals surface area contributed by atoms with E-state index >= 15 is 0 Å². The highest BCUT2D eigenvalue weighted by atomic mass is 16.5. The fourth-order valence-electron chi connectivity index (χ4n) is 2.38. The van der Waals surface area contributed by atoms with Crippen molar-refractivity contribution in [3.8, 4) is 5.75 Å². The molecule has 2 amide bonds. The number of nitrogens with one attached hydrogen (secondary N) is 2. The monoisotopic (exact) mass is 320 g/mol. The molecule has 0 aliphatic carbocycles. The van der Waals surface area contributed by atoms with Gasteiger partial charge in [0.05, 0.1) is 13.2 Å². The molecule has 0 aromatic heterocycles. The van der Waals surface area contributed by atoms with Crippen molar-refractivity contribution >= 4 is 11.8 Å². The average molecular weight is 320 g/mol. The van der Waals surface area contributed by atoms with Crippen LogP contribution >= 0.6 is 0 Å². The van der Waals surface area contributed by atoms with E-state index in [-0.39, 0.29) is 30.8 Å². The molecule has 1 aliphatic heterocycles. The zero-order valence-electron chi connectivity index (χ0n) is 13.5. The summed E-state index contributed by atoms with van der Waals surface area (Å²) in [7, 11) is 1.61. The molecule has 126 valence electrons. The van der Waals surface area contributed by atoms with Crippen molar-refractivity contribution in [2.24, 2.45) is 0 Å². The summed E-state index contributed by atoms with van der Waals surface area (Å²) in [5, 5.41) is 5.61. The van der Waals surface area contributed by atoms with E-state index in [0.29, 0.717) is 13.1 Å². The van der Waals surface area contributed by atoms with E-state index in [1.165, 1.54) is 0 Å². The van der Waals surface area contributed by atoms with Crippen molar-refractivity contribution in [1.82, 2.24) is 10.6 Å². The third kappa shape index (κ3) is 6.28. The fraction of sp³-hybridized carbons (Fsp3) is 0.529. The Labute approximate surface area is 136 Å². The van der Waals surface area contributed by atoms with Gasteiger partial charge < -0.3 is 20.1 Å². The van der Waals surface area contributed by atoms with Crippen LogP contribution in [0.1, 0.15) is 31.2 Å². The van der Waals surface area contributed by atoms with Gasteiger partial charge in [-0.2, -0.15) is 0 Å². The van der Waals surface area contributed by atoms with Crippen LogP contribution in [0.3, 0.4) is 0 Å². The minimum absolute atomic E-state index is 0.111. The Hall–Kier alpha value is -2.08. The van der Waals surface area contributed by atoms with Gasteiger partial charge in [0.2, 0.25) is 11.8 Å². The molecule has 1 atom stereocenters. The highest BCUT2D eigenvalue weighted by Crippen LogP contribution is 2.11. The van der Waals surface area contributed by atoms with E-state index in [0.717, 1.165) is 30.8 Å². The van der Waals surface area contributed by atoms with Gasteiger partial charge in [0.15, 0.2) is 0 Å². The molecule has 6 heteroatoms. The summed E-state index contributed by atoms with van der Waals surface area (Å²) in [4.78, 5) is 23.5. The Kier molecular flexibility index (Phi) is 6.87. The van der Waals surface area contributed by atoms with Crippen LogP contribution in [0, 0.1) is 0 Å². The molecule has 0 bridgehead atoms. The van der Waals surface area contributed by atoms with Crippen LogP contribution in [-0.2, 0) is 20.9 Å². The Bertz CT molecular complexity index is 510. The van der Waals surface area contributed by atoms with Crippen LogP contribution in [0.15, 0.2) is 24.3 Å². The summed E-state index contributed by atoms with van der Waals surface area (Å²) in [5.41, 5.74) is 0.988. The quantitative estimate of drug-likeness (QED) is 0.759. The van der Waals surface area contributed by atoms with Gasteiger partial charge in [-0.3, -0.25) is 9.59 Å². The molecule has 1 aromatic rings. The number of carbonyl (C=O) groups excluding carboxylic acids is 2. The first kappa shape index (κ1) is 17.3. The van der Waals surface area contributed by atoms with Crippen LogP contribution in [0.5, 0.6) is 5.75 Å². The van der Waals surface area contributed by atoms with Gasteiger partial charge in [0.25, 0.3) is 0 Å². The lowest BCUT2D eigenvalue weighted by Crippen LogP contribution is -2.32. The van der Waals surface area contributed by atoms with Gasteiger partial charge in [-0.15, -0.1) is 0 Å². The second-order valence-electron chi connectivity index (χ2n) is 5.56. The average Bonchev–Trinajstić information content (AvgIpc) is 3.10. The molecule has 0 saturated carbocycles. The van der Waals surface area contributed by atoms with E-state index in [1.54, 1.807) is 7.11 Å². The summed E-state index contributed by atoms with van der Waals surface area (Å²) in [6.07, 6.45) is 2.55. The van der Waals surface area contributed by atoms with Gasteiger partial charge in [0.1, 0.15) is 5.75 Å². The van der Waals surface area contributed by atoms with Crippen molar-refractivity contribution in [2.45, 2.75) is 38.3 Å². The summed E-state index contributed by atoms with van der Waals surface area (Å²) in [6.45, 7) is 1.75. The molecule has 6 nitrogen and oxygen atoms in total. The van der Waals surface area contributed by atoms with E-state index in [4.69, 9.17) is 9.47 Å². The molecule has 1 fully saturated rings. The highest BCUT2D eigenvalue weighted by molar-refractivity contribution is 5.83. The lowest BCUT2D eigenvalue weighted by molar-refractivity contribution is -0.126. The Morgan fingerprint density at radius 2 is 1.87 bits per heavy atom. The SMILES string of the molecule is COc1ccc(CNC(=O)CCC(=O)NC[C@@H]2CCCO2)cc1. The lowest BCUT2D eigenvalue weighted by atomic mass is 10.2. The second kappa shape index (κ2) is 9.15. The first-order chi connectivity index (χ1) is 11.2. The molecule has 0 radical (unpaired) electrons. The van der Waals surface area contributed by atoms with E-state index in [2.05, 4.69) is 10.6 Å². The van der Waals surface area contributed by atoms with E-state index in [9.17, 15) is 9.59 Å². The Balaban J connectivity index is 1.59. The van der Waals surface area contributed by atoms with E-state index in [1.807, 2.05) is 24.3 Å². The first-order valence-electron chi connectivity index (χ1n) is 7.95. The van der Waals surface area contributed by atoms with Crippen molar-refractivity contribution in [1.29, 1.82) is 0 Å². The highest BCUT2D eigenvalue weighted by Gasteiger charge is 2.16. The van der Waals surface area contributed by atoms with Crippen molar-refractivity contribution < 1.29 is 19.1 Å². The molecular weight excluding hydrogens is 296 g/mol. The van der Waals surface area contributed by atoms with Gasteiger partial charge in [-0.25, -0.2) is 0 Å². The van der Waals surface area contributed by atoms with Gasteiger partial charge in [0, 0.05) is 32.5 Å². The Morgan fingerprint density at radius 1 is 1.17 bits per heavy atom. The van der Waals surface area contributed by atoms with Gasteiger partial charge in [-0.1, -0.05) is 12.1 Å². The Morgan fingerprint density at radius 3 is 2.48 bits per heavy atom. The molecular formula is C17H24N2O4. The van der Waals surface area contributed by atoms with Crippen molar-refractivity contribution in [2.75, 3.05) is 20.3 Å². The molecule has 2 rings (SSSR count). The van der Waals surface area contributed by atoms with E-state index < -0.39 is 0 Å². The summed E-state index contributed by atoms with van der Waals surface area (Å²) in [5.74, 6) is 0.538. The predicted octanol–water partition coefficient (Wildman–Crippen LogP) is 1.39. The van der Waals surface area contributed by atoms with Crippen molar-refractivity contribution in [3.05, 3.63) is 29.8 Å². The van der Waals surface area contributed by atoms with Crippen molar-refractivity contribution in [3.63, 3.8) is 0 Å². The standard InChI is InChI=1S/C17H24N2O4/c1-22-14-6-4-13(5-7-14)11-18-16(20)8-9-17(21)19-12-15-3-2-10-23-15/h4-7,15H,2-3,8-12H2,1H3,(H,18,20)(H,19,21)/t15-/m0/s1. The summed E-state index contributed by atoms with van der Waals surface area (Å²) < 4.78 is 10.5. The molecule has 1 saturated heterocycles. The maximum absolute atomic E-state index is 11.8.